The van der Waals surface area contributed by atoms with E-state index >= 15 is 4.39 Å². The molecule has 0 aromatic carbocycles. The summed E-state index contributed by atoms with van der Waals surface area (Å²) in [6.45, 7) is 7.46. The van der Waals surface area contributed by atoms with Crippen molar-refractivity contribution >= 4 is 28.1 Å². The van der Waals surface area contributed by atoms with Crippen LogP contribution in [0.2, 0.25) is 0 Å². The summed E-state index contributed by atoms with van der Waals surface area (Å²) in [7, 11) is -2.48. The van der Waals surface area contributed by atoms with Gasteiger partial charge in [0.05, 0.1) is 16.2 Å². The number of carbonyl (C=O) groups is 1. The molecule has 0 radical (unpaired) electrons. The first-order chi connectivity index (χ1) is 14.9. The molecule has 1 amide bonds. The van der Waals surface area contributed by atoms with Gasteiger partial charge in [0.15, 0.2) is 0 Å². The molecule has 32 heavy (non-hydrogen) atoms. The number of amidine groups is 1. The number of aliphatic imine (C=N–C) groups is 1. The highest BCUT2D eigenvalue weighted by Crippen LogP contribution is 2.67. The van der Waals surface area contributed by atoms with Crippen molar-refractivity contribution in [1.29, 1.82) is 0 Å². The molecule has 11 heteroatoms. The molecule has 0 aliphatic carbocycles. The predicted molar refractivity (Wildman–Crippen MR) is 121 cm³/mol. The van der Waals surface area contributed by atoms with Crippen LogP contribution in [0, 0.1) is 18.6 Å². The normalized spacial score (nSPS) is 30.7. The Labute approximate surface area is 186 Å². The number of rotatable bonds is 3. The van der Waals surface area contributed by atoms with E-state index in [1.807, 2.05) is 13.8 Å². The number of nitrogens with zero attached hydrogens (tertiary/aromatic N) is 3. The second-order valence-corrected chi connectivity index (χ2v) is 11.9. The summed E-state index contributed by atoms with van der Waals surface area (Å²) in [5.74, 6) is -1.47. The van der Waals surface area contributed by atoms with Gasteiger partial charge in [-0.3, -0.25) is 14.5 Å². The number of halogens is 2. The molecule has 2 aromatic rings. The Morgan fingerprint density at radius 1 is 1.34 bits per heavy atom. The number of hydrogen-bond donors (Lipinski definition) is 4. The minimum Gasteiger partial charge on any atom is -0.386 e. The first-order valence-corrected chi connectivity index (χ1v) is 11.8. The van der Waals surface area contributed by atoms with Gasteiger partial charge in [0, 0.05) is 6.54 Å². The molecule has 3 atom stereocenters. The Morgan fingerprint density at radius 3 is 2.75 bits per heavy atom. The van der Waals surface area contributed by atoms with E-state index in [9.17, 15) is 13.7 Å². The average Bonchev–Trinajstić information content (AvgIpc) is 3.13. The van der Waals surface area contributed by atoms with E-state index in [1.54, 1.807) is 13.8 Å². The highest BCUT2D eigenvalue weighted by atomic mass is 32.3. The number of anilines is 1. The summed E-state index contributed by atoms with van der Waals surface area (Å²) in [6.07, 6.45) is 1.52. The number of nitrogens with two attached hydrogens (primary N) is 1. The monoisotopic (exact) mass is 464 g/mol. The average molecular weight is 465 g/mol. The quantitative estimate of drug-likeness (QED) is 0.553. The molecule has 1 saturated heterocycles. The van der Waals surface area contributed by atoms with Crippen LogP contribution in [0.5, 0.6) is 0 Å². The molecule has 4 heterocycles. The minimum atomic E-state index is -2.48. The lowest BCUT2D eigenvalue weighted by Gasteiger charge is -2.55. The number of amides is 1. The Kier molecular flexibility index (Phi) is 5.26. The third kappa shape index (κ3) is 3.26. The van der Waals surface area contributed by atoms with Crippen molar-refractivity contribution in [2.75, 3.05) is 11.9 Å². The van der Waals surface area contributed by atoms with Gasteiger partial charge in [-0.15, -0.1) is 0 Å². The number of aryl methyl sites for hydroxylation is 1. The van der Waals surface area contributed by atoms with Crippen LogP contribution in [0.25, 0.3) is 0 Å². The SMILES string of the molecule is Cc1cc(F)cnc1C(=O)Nc1ccc(F)c([C@@]2(C)N=C(N)C(C)(C)S3(O)NCC[C@@H]23)n1. The number of hydrogen-bond acceptors (Lipinski definition) is 7. The fourth-order valence-electron chi connectivity index (χ4n) is 4.41. The Hall–Kier alpha value is -2.63. The van der Waals surface area contributed by atoms with Gasteiger partial charge in [-0.05, 0) is 57.9 Å². The van der Waals surface area contributed by atoms with Crippen LogP contribution < -0.4 is 15.8 Å². The summed E-state index contributed by atoms with van der Waals surface area (Å²) in [4.78, 5) is 25.5. The zero-order valence-corrected chi connectivity index (χ0v) is 19.1. The summed E-state index contributed by atoms with van der Waals surface area (Å²) in [5.41, 5.74) is 5.39. The van der Waals surface area contributed by atoms with Crippen LogP contribution in [0.1, 0.15) is 48.9 Å². The third-order valence-electron chi connectivity index (χ3n) is 6.34. The van der Waals surface area contributed by atoms with Crippen LogP contribution >= 0.6 is 10.5 Å². The van der Waals surface area contributed by atoms with Gasteiger partial charge in [0.1, 0.15) is 40.2 Å². The highest BCUT2D eigenvalue weighted by Gasteiger charge is 2.61. The van der Waals surface area contributed by atoms with Gasteiger partial charge < -0.3 is 15.6 Å². The van der Waals surface area contributed by atoms with Gasteiger partial charge in [-0.25, -0.2) is 18.7 Å². The van der Waals surface area contributed by atoms with Crippen LogP contribution in [0.4, 0.5) is 14.6 Å². The maximum atomic E-state index is 15.0. The third-order valence-corrected chi connectivity index (χ3v) is 10.3. The molecule has 2 aliphatic heterocycles. The van der Waals surface area contributed by atoms with Gasteiger partial charge in [0.2, 0.25) is 0 Å². The summed E-state index contributed by atoms with van der Waals surface area (Å²) >= 11 is 0. The second-order valence-electron chi connectivity index (χ2n) is 8.75. The van der Waals surface area contributed by atoms with Crippen LogP contribution in [0.3, 0.4) is 0 Å². The van der Waals surface area contributed by atoms with Crippen molar-refractivity contribution in [3.63, 3.8) is 0 Å². The number of aromatic nitrogens is 2. The standard InChI is InChI=1S/C21H26F2N6O2S/c1-11-9-12(22)10-25-16(11)18(30)28-15-6-5-13(23)17(27-15)21(4)14-7-8-26-32(14,31)20(2,3)19(24)29-21/h5-6,9-10,14,26,31H,7-8H2,1-4H3,(H2,24,29)(H,27,28,30)/t14-,21-/m0/s1. The van der Waals surface area contributed by atoms with Crippen molar-refractivity contribution in [2.24, 2.45) is 10.7 Å². The highest BCUT2D eigenvalue weighted by molar-refractivity contribution is 8.29. The lowest BCUT2D eigenvalue weighted by molar-refractivity contribution is 0.102. The van der Waals surface area contributed by atoms with Gasteiger partial charge in [0.25, 0.3) is 5.91 Å². The number of fused-ring (bicyclic) bond motifs is 1. The molecule has 0 bridgehead atoms. The molecular weight excluding hydrogens is 438 g/mol. The summed E-state index contributed by atoms with van der Waals surface area (Å²) < 4.78 is 42.3. The molecule has 0 saturated carbocycles. The molecule has 8 nitrogen and oxygen atoms in total. The van der Waals surface area contributed by atoms with E-state index in [-0.39, 0.29) is 23.0 Å². The van der Waals surface area contributed by atoms with Crippen LogP contribution in [-0.4, -0.2) is 42.8 Å². The topological polar surface area (TPSA) is 126 Å². The largest absolute Gasteiger partial charge is 0.386 e. The lowest BCUT2D eigenvalue weighted by atomic mass is 9.90. The van der Waals surface area contributed by atoms with Crippen LogP contribution in [0.15, 0.2) is 29.4 Å². The lowest BCUT2D eigenvalue weighted by Crippen LogP contribution is -2.57. The van der Waals surface area contributed by atoms with E-state index < -0.39 is 43.6 Å². The van der Waals surface area contributed by atoms with E-state index in [4.69, 9.17) is 5.73 Å². The second kappa shape index (κ2) is 7.46. The zero-order valence-electron chi connectivity index (χ0n) is 18.2. The van der Waals surface area contributed by atoms with Crippen molar-refractivity contribution in [3.05, 3.63) is 53.0 Å². The Morgan fingerprint density at radius 2 is 2.06 bits per heavy atom. The molecule has 1 fully saturated rings. The molecular formula is C21H26F2N6O2S. The Balaban J connectivity index is 1.74. The molecule has 4 rings (SSSR count). The first kappa shape index (κ1) is 22.6. The van der Waals surface area contributed by atoms with Crippen LogP contribution in [-0.2, 0) is 5.54 Å². The fourth-order valence-corrected chi connectivity index (χ4v) is 7.76. The zero-order chi connectivity index (χ0) is 23.5. The maximum Gasteiger partial charge on any atom is 0.275 e. The Bertz CT molecular complexity index is 1140. The first-order valence-electron chi connectivity index (χ1n) is 10.2. The molecule has 2 aliphatic rings. The number of pyridine rings is 2. The predicted octanol–water partition coefficient (Wildman–Crippen LogP) is 3.23. The van der Waals surface area contributed by atoms with E-state index in [2.05, 4.69) is 25.0 Å². The van der Waals surface area contributed by atoms with E-state index in [0.29, 0.717) is 18.5 Å². The van der Waals surface area contributed by atoms with Gasteiger partial charge in [-0.2, -0.15) is 0 Å². The van der Waals surface area contributed by atoms with Crippen molar-refractivity contribution in [3.8, 4) is 0 Å². The molecule has 5 N–H and O–H groups in total. The molecule has 2 aromatic heterocycles. The van der Waals surface area contributed by atoms with Crippen molar-refractivity contribution < 1.29 is 18.1 Å². The fraction of sp³-hybridized carbons (Fsp3) is 0.429. The van der Waals surface area contributed by atoms with E-state index in [1.165, 1.54) is 18.2 Å². The maximum absolute atomic E-state index is 15.0. The molecule has 1 unspecified atom stereocenters. The minimum absolute atomic E-state index is 0.0165. The molecule has 172 valence electrons. The number of nitrogens with one attached hydrogen (secondary N) is 2. The smallest absolute Gasteiger partial charge is 0.275 e. The summed E-state index contributed by atoms with van der Waals surface area (Å²) in [6, 6.07) is 3.71. The van der Waals surface area contributed by atoms with Crippen molar-refractivity contribution in [1.82, 2.24) is 14.7 Å². The van der Waals surface area contributed by atoms with Crippen molar-refractivity contribution in [2.45, 2.75) is 49.7 Å². The van der Waals surface area contributed by atoms with E-state index in [0.717, 1.165) is 6.20 Å². The summed E-state index contributed by atoms with van der Waals surface area (Å²) in [5, 5.41) is 2.16. The molecule has 0 spiro atoms. The van der Waals surface area contributed by atoms with Gasteiger partial charge >= 0.3 is 0 Å². The number of carbonyl (C=O) groups excluding carboxylic acids is 1. The van der Waals surface area contributed by atoms with Gasteiger partial charge in [-0.1, -0.05) is 10.5 Å².